The van der Waals surface area contributed by atoms with Crippen LogP contribution in [0.2, 0.25) is 0 Å². The first-order valence-corrected chi connectivity index (χ1v) is 8.74. The van der Waals surface area contributed by atoms with Gasteiger partial charge in [-0.05, 0) is 43.4 Å². The fourth-order valence-electron chi connectivity index (χ4n) is 2.81. The molecule has 2 aromatic heterocycles. The van der Waals surface area contributed by atoms with Crippen molar-refractivity contribution in [3.8, 4) is 0 Å². The number of carboxylic acid groups (broad SMARTS) is 1. The number of fused-ring (bicyclic) bond motifs is 1. The number of aryl methyl sites for hydroxylation is 1. The number of nitrogens with one attached hydrogen (secondary N) is 2. The van der Waals surface area contributed by atoms with Gasteiger partial charge < -0.3 is 15.7 Å². The SMILES string of the molecule is O=C(O)CNC(=O)c1c(NC(=O)c2cccnc2)sc2c1CCCC2. The van der Waals surface area contributed by atoms with Crippen molar-refractivity contribution >= 4 is 34.1 Å². The fourth-order valence-corrected chi connectivity index (χ4v) is 4.09. The van der Waals surface area contributed by atoms with Crippen molar-refractivity contribution in [3.63, 3.8) is 0 Å². The zero-order valence-electron chi connectivity index (χ0n) is 13.4. The summed E-state index contributed by atoms with van der Waals surface area (Å²) >= 11 is 1.39. The summed E-state index contributed by atoms with van der Waals surface area (Å²) in [6.07, 6.45) is 6.66. The van der Waals surface area contributed by atoms with Crippen LogP contribution in [-0.2, 0) is 17.6 Å². The van der Waals surface area contributed by atoms with Crippen LogP contribution >= 0.6 is 11.3 Å². The topological polar surface area (TPSA) is 108 Å². The van der Waals surface area contributed by atoms with E-state index in [9.17, 15) is 14.4 Å². The second-order valence-electron chi connectivity index (χ2n) is 5.69. The monoisotopic (exact) mass is 359 g/mol. The third-order valence-corrected chi connectivity index (χ3v) is 5.16. The van der Waals surface area contributed by atoms with Gasteiger partial charge in [-0.15, -0.1) is 11.3 Å². The molecule has 2 amide bonds. The van der Waals surface area contributed by atoms with Crippen LogP contribution in [0, 0.1) is 0 Å². The number of aromatic nitrogens is 1. The molecule has 7 nitrogen and oxygen atoms in total. The Morgan fingerprint density at radius 2 is 2.00 bits per heavy atom. The molecule has 0 aliphatic heterocycles. The predicted molar refractivity (Wildman–Crippen MR) is 93.1 cm³/mol. The van der Waals surface area contributed by atoms with Gasteiger partial charge in [0.25, 0.3) is 11.8 Å². The Hall–Kier alpha value is -2.74. The van der Waals surface area contributed by atoms with Crippen LogP contribution in [-0.4, -0.2) is 34.4 Å². The minimum Gasteiger partial charge on any atom is -0.480 e. The summed E-state index contributed by atoms with van der Waals surface area (Å²) in [5, 5.41) is 14.4. The third-order valence-electron chi connectivity index (χ3n) is 3.95. The average Bonchev–Trinajstić information content (AvgIpc) is 2.98. The summed E-state index contributed by atoms with van der Waals surface area (Å²) in [7, 11) is 0. The number of pyridine rings is 1. The van der Waals surface area contributed by atoms with Gasteiger partial charge >= 0.3 is 5.97 Å². The minimum atomic E-state index is -1.11. The highest BCUT2D eigenvalue weighted by atomic mass is 32.1. The van der Waals surface area contributed by atoms with Gasteiger partial charge in [-0.1, -0.05) is 0 Å². The molecule has 130 valence electrons. The molecule has 8 heteroatoms. The second kappa shape index (κ2) is 7.43. The van der Waals surface area contributed by atoms with Crippen LogP contribution in [0.25, 0.3) is 0 Å². The number of carbonyl (C=O) groups excluding carboxylic acids is 2. The molecule has 0 saturated carbocycles. The van der Waals surface area contributed by atoms with Gasteiger partial charge in [0.1, 0.15) is 11.5 Å². The summed E-state index contributed by atoms with van der Waals surface area (Å²) in [4.78, 5) is 40.6. The van der Waals surface area contributed by atoms with Crippen LogP contribution < -0.4 is 10.6 Å². The predicted octanol–water partition coefficient (Wildman–Crippen LogP) is 2.09. The molecule has 0 spiro atoms. The standard InChI is InChI=1S/C17H17N3O4S/c21-13(22)9-19-16(24)14-11-5-1-2-6-12(11)25-17(14)20-15(23)10-4-3-7-18-8-10/h3-4,7-8H,1-2,5-6,9H2,(H,19,24)(H,20,23)(H,21,22). The number of aliphatic carboxylic acids is 1. The maximum absolute atomic E-state index is 12.5. The first-order valence-electron chi connectivity index (χ1n) is 7.92. The highest BCUT2D eigenvalue weighted by molar-refractivity contribution is 7.17. The van der Waals surface area contributed by atoms with Gasteiger partial charge in [-0.25, -0.2) is 0 Å². The van der Waals surface area contributed by atoms with E-state index in [-0.39, 0.29) is 5.91 Å². The van der Waals surface area contributed by atoms with E-state index in [1.54, 1.807) is 18.3 Å². The third kappa shape index (κ3) is 3.85. The van der Waals surface area contributed by atoms with E-state index in [1.807, 2.05) is 0 Å². The molecule has 0 bridgehead atoms. The molecule has 0 saturated heterocycles. The Labute approximate surface area is 148 Å². The molecule has 25 heavy (non-hydrogen) atoms. The summed E-state index contributed by atoms with van der Waals surface area (Å²) in [5.41, 5.74) is 1.70. The lowest BCUT2D eigenvalue weighted by molar-refractivity contribution is -0.135. The summed E-state index contributed by atoms with van der Waals surface area (Å²) in [6.45, 7) is -0.459. The van der Waals surface area contributed by atoms with Crippen LogP contribution in [0.1, 0.15) is 44.0 Å². The molecule has 2 aromatic rings. The number of rotatable bonds is 5. The van der Waals surface area contributed by atoms with Gasteiger partial charge in [0, 0.05) is 17.3 Å². The van der Waals surface area contributed by atoms with E-state index in [1.165, 1.54) is 17.5 Å². The summed E-state index contributed by atoms with van der Waals surface area (Å²) < 4.78 is 0. The van der Waals surface area contributed by atoms with Crippen molar-refractivity contribution in [1.82, 2.24) is 10.3 Å². The van der Waals surface area contributed by atoms with E-state index in [0.717, 1.165) is 36.1 Å². The number of hydrogen-bond acceptors (Lipinski definition) is 5. The zero-order chi connectivity index (χ0) is 17.8. The quantitative estimate of drug-likeness (QED) is 0.757. The lowest BCUT2D eigenvalue weighted by Crippen LogP contribution is -2.30. The van der Waals surface area contributed by atoms with Crippen molar-refractivity contribution < 1.29 is 19.5 Å². The largest absolute Gasteiger partial charge is 0.480 e. The van der Waals surface area contributed by atoms with Gasteiger partial charge in [0.2, 0.25) is 0 Å². The normalized spacial score (nSPS) is 13.0. The Bertz CT molecular complexity index is 817. The summed E-state index contributed by atoms with van der Waals surface area (Å²) in [5.74, 6) is -1.93. The number of thiophene rings is 1. The molecule has 0 atom stereocenters. The van der Waals surface area contributed by atoms with Crippen LogP contribution in [0.4, 0.5) is 5.00 Å². The lowest BCUT2D eigenvalue weighted by Gasteiger charge is -2.12. The molecule has 1 aliphatic rings. The molecule has 0 aromatic carbocycles. The Balaban J connectivity index is 1.90. The van der Waals surface area contributed by atoms with Gasteiger partial charge in [0.15, 0.2) is 0 Å². The molecule has 3 N–H and O–H groups in total. The molecule has 0 unspecified atom stereocenters. The molecular weight excluding hydrogens is 342 g/mol. The Morgan fingerprint density at radius 1 is 1.20 bits per heavy atom. The smallest absolute Gasteiger partial charge is 0.322 e. The van der Waals surface area contributed by atoms with Crippen molar-refractivity contribution in [2.24, 2.45) is 0 Å². The minimum absolute atomic E-state index is 0.348. The molecule has 3 rings (SSSR count). The molecule has 0 radical (unpaired) electrons. The van der Waals surface area contributed by atoms with E-state index in [2.05, 4.69) is 15.6 Å². The van der Waals surface area contributed by atoms with E-state index in [4.69, 9.17) is 5.11 Å². The van der Waals surface area contributed by atoms with Gasteiger partial charge in [-0.2, -0.15) is 0 Å². The number of amides is 2. The number of nitrogens with zero attached hydrogens (tertiary/aromatic N) is 1. The van der Waals surface area contributed by atoms with Crippen molar-refractivity contribution in [2.75, 3.05) is 11.9 Å². The highest BCUT2D eigenvalue weighted by Gasteiger charge is 2.26. The summed E-state index contributed by atoms with van der Waals surface area (Å²) in [6, 6.07) is 3.30. The lowest BCUT2D eigenvalue weighted by atomic mass is 9.95. The van der Waals surface area contributed by atoms with Gasteiger partial charge in [-0.3, -0.25) is 19.4 Å². The van der Waals surface area contributed by atoms with E-state index >= 15 is 0 Å². The first kappa shape index (κ1) is 17.1. The zero-order valence-corrected chi connectivity index (χ0v) is 14.2. The highest BCUT2D eigenvalue weighted by Crippen LogP contribution is 2.38. The molecule has 2 heterocycles. The maximum atomic E-state index is 12.5. The second-order valence-corrected chi connectivity index (χ2v) is 6.79. The Kier molecular flexibility index (Phi) is 5.08. The molecular formula is C17H17N3O4S. The van der Waals surface area contributed by atoms with E-state index in [0.29, 0.717) is 16.1 Å². The van der Waals surface area contributed by atoms with Gasteiger partial charge in [0.05, 0.1) is 11.1 Å². The maximum Gasteiger partial charge on any atom is 0.322 e. The van der Waals surface area contributed by atoms with Crippen molar-refractivity contribution in [1.29, 1.82) is 0 Å². The van der Waals surface area contributed by atoms with Crippen molar-refractivity contribution in [3.05, 3.63) is 46.1 Å². The number of carboxylic acids is 1. The average molecular weight is 359 g/mol. The van der Waals surface area contributed by atoms with E-state index < -0.39 is 18.4 Å². The van der Waals surface area contributed by atoms with Crippen molar-refractivity contribution in [2.45, 2.75) is 25.7 Å². The molecule has 0 fully saturated rings. The Morgan fingerprint density at radius 3 is 2.72 bits per heavy atom. The number of carbonyl (C=O) groups is 3. The first-order chi connectivity index (χ1) is 12.1. The fraction of sp³-hybridized carbons (Fsp3) is 0.294. The number of hydrogen-bond donors (Lipinski definition) is 3. The molecule has 1 aliphatic carbocycles. The van der Waals surface area contributed by atoms with Crippen LogP contribution in [0.5, 0.6) is 0 Å². The van der Waals surface area contributed by atoms with Crippen LogP contribution in [0.15, 0.2) is 24.5 Å². The van der Waals surface area contributed by atoms with Crippen LogP contribution in [0.3, 0.4) is 0 Å². The number of anilines is 1.